The lowest BCUT2D eigenvalue weighted by atomic mass is 9.92. The molecule has 5 heteroatoms. The summed E-state index contributed by atoms with van der Waals surface area (Å²) in [6.45, 7) is 4.41. The standard InChI is InChI=1S/C15H23N3O2/c1-15(2,14(20)17-3)10-18-13(19)12-6-4-5-11(9-12)7-8-16/h4-6,9H,7-8,10,16H2,1-3H3,(H,17,20)(H,18,19). The van der Waals surface area contributed by atoms with E-state index in [0.29, 0.717) is 12.1 Å². The van der Waals surface area contributed by atoms with Crippen LogP contribution in [0.4, 0.5) is 0 Å². The maximum absolute atomic E-state index is 12.1. The monoisotopic (exact) mass is 277 g/mol. The molecule has 0 unspecified atom stereocenters. The van der Waals surface area contributed by atoms with Crippen LogP contribution >= 0.6 is 0 Å². The van der Waals surface area contributed by atoms with Gasteiger partial charge in [-0.1, -0.05) is 12.1 Å². The molecule has 5 nitrogen and oxygen atoms in total. The first kappa shape index (κ1) is 16.2. The predicted octanol–water partition coefficient (Wildman–Crippen LogP) is 0.690. The third-order valence-corrected chi connectivity index (χ3v) is 3.15. The largest absolute Gasteiger partial charge is 0.359 e. The second-order valence-corrected chi connectivity index (χ2v) is 5.38. The first-order valence-electron chi connectivity index (χ1n) is 6.70. The molecule has 0 saturated heterocycles. The van der Waals surface area contributed by atoms with E-state index in [2.05, 4.69) is 10.6 Å². The summed E-state index contributed by atoms with van der Waals surface area (Å²) >= 11 is 0. The molecule has 0 aliphatic carbocycles. The van der Waals surface area contributed by atoms with E-state index in [1.54, 1.807) is 27.0 Å². The Hall–Kier alpha value is -1.88. The number of hydrogen-bond acceptors (Lipinski definition) is 3. The van der Waals surface area contributed by atoms with Crippen LogP contribution in [-0.4, -0.2) is 32.0 Å². The molecule has 0 aromatic heterocycles. The van der Waals surface area contributed by atoms with Gasteiger partial charge < -0.3 is 16.4 Å². The van der Waals surface area contributed by atoms with Crippen LogP contribution in [0.3, 0.4) is 0 Å². The predicted molar refractivity (Wildman–Crippen MR) is 79.4 cm³/mol. The maximum atomic E-state index is 12.1. The number of carbonyl (C=O) groups is 2. The first-order chi connectivity index (χ1) is 9.40. The molecule has 0 radical (unpaired) electrons. The van der Waals surface area contributed by atoms with Crippen LogP contribution in [0.2, 0.25) is 0 Å². The Balaban J connectivity index is 2.67. The van der Waals surface area contributed by atoms with Gasteiger partial charge >= 0.3 is 0 Å². The lowest BCUT2D eigenvalue weighted by molar-refractivity contribution is -0.128. The Morgan fingerprint density at radius 1 is 1.30 bits per heavy atom. The van der Waals surface area contributed by atoms with E-state index in [4.69, 9.17) is 5.73 Å². The number of rotatable bonds is 6. The summed E-state index contributed by atoms with van der Waals surface area (Å²) in [5, 5.41) is 5.38. The van der Waals surface area contributed by atoms with Gasteiger partial charge in [-0.15, -0.1) is 0 Å². The number of nitrogens with one attached hydrogen (secondary N) is 2. The molecule has 20 heavy (non-hydrogen) atoms. The van der Waals surface area contributed by atoms with Gasteiger partial charge in [-0.3, -0.25) is 9.59 Å². The minimum Gasteiger partial charge on any atom is -0.359 e. The smallest absolute Gasteiger partial charge is 0.251 e. The van der Waals surface area contributed by atoms with Crippen molar-refractivity contribution in [3.63, 3.8) is 0 Å². The Morgan fingerprint density at radius 3 is 2.60 bits per heavy atom. The van der Waals surface area contributed by atoms with Gasteiger partial charge in [0.15, 0.2) is 0 Å². The molecule has 4 N–H and O–H groups in total. The Morgan fingerprint density at radius 2 is 2.00 bits per heavy atom. The van der Waals surface area contributed by atoms with Crippen molar-refractivity contribution in [2.24, 2.45) is 11.1 Å². The van der Waals surface area contributed by atoms with E-state index in [1.165, 1.54) is 0 Å². The zero-order valence-corrected chi connectivity index (χ0v) is 12.3. The van der Waals surface area contributed by atoms with E-state index < -0.39 is 5.41 Å². The molecule has 0 saturated carbocycles. The van der Waals surface area contributed by atoms with Crippen molar-refractivity contribution in [1.29, 1.82) is 0 Å². The van der Waals surface area contributed by atoms with E-state index >= 15 is 0 Å². The summed E-state index contributed by atoms with van der Waals surface area (Å²) in [6, 6.07) is 7.36. The first-order valence-corrected chi connectivity index (χ1v) is 6.70. The number of amides is 2. The fourth-order valence-electron chi connectivity index (χ4n) is 1.86. The molecule has 0 fully saturated rings. The van der Waals surface area contributed by atoms with Gasteiger partial charge in [0, 0.05) is 19.2 Å². The van der Waals surface area contributed by atoms with Gasteiger partial charge in [-0.05, 0) is 44.5 Å². The van der Waals surface area contributed by atoms with Crippen LogP contribution in [0, 0.1) is 5.41 Å². The molecule has 2 amide bonds. The molecule has 1 rings (SSSR count). The van der Waals surface area contributed by atoms with Gasteiger partial charge in [0.05, 0.1) is 5.41 Å². The summed E-state index contributed by atoms with van der Waals surface area (Å²) in [7, 11) is 1.59. The summed E-state index contributed by atoms with van der Waals surface area (Å²) in [6.07, 6.45) is 0.741. The zero-order valence-electron chi connectivity index (χ0n) is 12.3. The molecule has 0 atom stereocenters. The van der Waals surface area contributed by atoms with Gasteiger partial charge in [0.2, 0.25) is 5.91 Å². The molecular formula is C15H23N3O2. The van der Waals surface area contributed by atoms with Crippen LogP contribution in [0.1, 0.15) is 29.8 Å². The average Bonchev–Trinajstić information content (AvgIpc) is 2.44. The highest BCUT2D eigenvalue weighted by molar-refractivity contribution is 5.94. The van der Waals surface area contributed by atoms with Crippen molar-refractivity contribution in [1.82, 2.24) is 10.6 Å². The summed E-state index contributed by atoms with van der Waals surface area (Å²) in [5.41, 5.74) is 6.49. The van der Waals surface area contributed by atoms with Crippen LogP contribution in [-0.2, 0) is 11.2 Å². The minimum atomic E-state index is -0.640. The number of carbonyl (C=O) groups excluding carboxylic acids is 2. The second-order valence-electron chi connectivity index (χ2n) is 5.38. The van der Waals surface area contributed by atoms with Crippen molar-refractivity contribution in [3.05, 3.63) is 35.4 Å². The SMILES string of the molecule is CNC(=O)C(C)(C)CNC(=O)c1cccc(CCN)c1. The van der Waals surface area contributed by atoms with E-state index in [0.717, 1.165) is 12.0 Å². The minimum absolute atomic E-state index is 0.102. The highest BCUT2D eigenvalue weighted by atomic mass is 16.2. The maximum Gasteiger partial charge on any atom is 0.251 e. The van der Waals surface area contributed by atoms with Crippen molar-refractivity contribution in [2.45, 2.75) is 20.3 Å². The topological polar surface area (TPSA) is 84.2 Å². The third kappa shape index (κ3) is 4.35. The van der Waals surface area contributed by atoms with E-state index in [1.807, 2.05) is 18.2 Å². The van der Waals surface area contributed by atoms with Crippen LogP contribution in [0.25, 0.3) is 0 Å². The van der Waals surface area contributed by atoms with Gasteiger partial charge in [0.1, 0.15) is 0 Å². The van der Waals surface area contributed by atoms with Crippen LogP contribution < -0.4 is 16.4 Å². The molecule has 0 spiro atoms. The Kier molecular flexibility index (Phi) is 5.70. The van der Waals surface area contributed by atoms with Gasteiger partial charge in [-0.25, -0.2) is 0 Å². The normalized spacial score (nSPS) is 11.0. The van der Waals surface area contributed by atoms with E-state index in [-0.39, 0.29) is 18.4 Å². The van der Waals surface area contributed by atoms with Gasteiger partial charge in [0.25, 0.3) is 5.91 Å². The molecule has 0 bridgehead atoms. The third-order valence-electron chi connectivity index (χ3n) is 3.15. The fourth-order valence-corrected chi connectivity index (χ4v) is 1.86. The van der Waals surface area contributed by atoms with Crippen LogP contribution in [0.5, 0.6) is 0 Å². The van der Waals surface area contributed by atoms with Crippen LogP contribution in [0.15, 0.2) is 24.3 Å². The Bertz CT molecular complexity index is 484. The van der Waals surface area contributed by atoms with Crippen molar-refractivity contribution < 1.29 is 9.59 Å². The lowest BCUT2D eigenvalue weighted by Crippen LogP contribution is -2.43. The average molecular weight is 277 g/mol. The highest BCUT2D eigenvalue weighted by Crippen LogP contribution is 2.14. The molecule has 0 aliphatic rings. The molecule has 0 aliphatic heterocycles. The van der Waals surface area contributed by atoms with Crippen molar-refractivity contribution >= 4 is 11.8 Å². The second kappa shape index (κ2) is 7.05. The molecule has 110 valence electrons. The zero-order chi connectivity index (χ0) is 15.2. The molecule has 1 aromatic carbocycles. The Labute approximate surface area is 119 Å². The number of nitrogens with two attached hydrogens (primary N) is 1. The number of benzene rings is 1. The molecule has 0 heterocycles. The lowest BCUT2D eigenvalue weighted by Gasteiger charge is -2.22. The van der Waals surface area contributed by atoms with E-state index in [9.17, 15) is 9.59 Å². The van der Waals surface area contributed by atoms with Crippen molar-refractivity contribution in [2.75, 3.05) is 20.1 Å². The summed E-state index contributed by atoms with van der Waals surface area (Å²) < 4.78 is 0. The van der Waals surface area contributed by atoms with Crippen molar-refractivity contribution in [3.8, 4) is 0 Å². The molecular weight excluding hydrogens is 254 g/mol. The summed E-state index contributed by atoms with van der Waals surface area (Å²) in [4.78, 5) is 23.7. The fraction of sp³-hybridized carbons (Fsp3) is 0.467. The number of hydrogen-bond donors (Lipinski definition) is 3. The molecule has 1 aromatic rings. The quantitative estimate of drug-likeness (QED) is 0.715. The van der Waals surface area contributed by atoms with Gasteiger partial charge in [-0.2, -0.15) is 0 Å². The highest BCUT2D eigenvalue weighted by Gasteiger charge is 2.27. The summed E-state index contributed by atoms with van der Waals surface area (Å²) in [5.74, 6) is -0.282.